The Morgan fingerprint density at radius 3 is 3.05 bits per heavy atom. The lowest BCUT2D eigenvalue weighted by Crippen LogP contribution is -2.55. The molecule has 2 aromatic rings. The van der Waals surface area contributed by atoms with Gasteiger partial charge in [-0.05, 0) is 24.8 Å². The van der Waals surface area contributed by atoms with E-state index in [2.05, 4.69) is 26.8 Å². The van der Waals surface area contributed by atoms with Crippen LogP contribution < -0.4 is 4.90 Å². The molecule has 3 unspecified atom stereocenters. The zero-order chi connectivity index (χ0) is 15.3. The fourth-order valence-electron chi connectivity index (χ4n) is 4.08. The number of likely N-dealkylation sites (tertiary alicyclic amines) is 1. The van der Waals surface area contributed by atoms with Crippen molar-refractivity contribution in [3.8, 4) is 0 Å². The maximum absolute atomic E-state index is 11.5. The molecule has 3 atom stereocenters. The van der Waals surface area contributed by atoms with Crippen molar-refractivity contribution in [3.63, 3.8) is 0 Å². The molecular formula is C15H19N5O2. The van der Waals surface area contributed by atoms with Gasteiger partial charge in [-0.2, -0.15) is 0 Å². The summed E-state index contributed by atoms with van der Waals surface area (Å²) in [6, 6.07) is 2.24. The number of anilines is 1. The molecule has 2 saturated heterocycles. The van der Waals surface area contributed by atoms with E-state index in [4.69, 9.17) is 0 Å². The van der Waals surface area contributed by atoms with Gasteiger partial charge in [0.25, 0.3) is 0 Å². The van der Waals surface area contributed by atoms with Gasteiger partial charge in [0.2, 0.25) is 0 Å². The maximum Gasteiger partial charge on any atom is 0.407 e. The molecule has 4 heterocycles. The summed E-state index contributed by atoms with van der Waals surface area (Å²) in [5.41, 5.74) is 0.826. The molecule has 7 heteroatoms. The molecule has 2 aromatic heterocycles. The van der Waals surface area contributed by atoms with Crippen LogP contribution in [0.2, 0.25) is 0 Å². The molecule has 2 aliphatic rings. The van der Waals surface area contributed by atoms with Crippen molar-refractivity contribution >= 4 is 22.9 Å². The molecule has 0 bridgehead atoms. The molecule has 0 spiro atoms. The Bertz CT molecular complexity index is 715. The van der Waals surface area contributed by atoms with Gasteiger partial charge in [0.15, 0.2) is 0 Å². The second-order valence-electron chi connectivity index (χ2n) is 6.22. The monoisotopic (exact) mass is 301 g/mol. The van der Waals surface area contributed by atoms with Crippen LogP contribution in [0.1, 0.15) is 19.8 Å². The summed E-state index contributed by atoms with van der Waals surface area (Å²) >= 11 is 0. The van der Waals surface area contributed by atoms with Gasteiger partial charge in [-0.15, -0.1) is 0 Å². The predicted octanol–water partition coefficient (Wildman–Crippen LogP) is 1.93. The summed E-state index contributed by atoms with van der Waals surface area (Å²) in [5, 5.41) is 10.4. The highest BCUT2D eigenvalue weighted by Crippen LogP contribution is 2.38. The number of hydrogen-bond acceptors (Lipinski definition) is 4. The predicted molar refractivity (Wildman–Crippen MR) is 81.9 cm³/mol. The molecule has 4 rings (SSSR count). The summed E-state index contributed by atoms with van der Waals surface area (Å²) in [6.45, 7) is 3.68. The average Bonchev–Trinajstić information content (AvgIpc) is 3.13. The van der Waals surface area contributed by atoms with E-state index in [9.17, 15) is 9.90 Å². The van der Waals surface area contributed by atoms with Crippen molar-refractivity contribution in [1.82, 2.24) is 19.9 Å². The van der Waals surface area contributed by atoms with Crippen molar-refractivity contribution in [2.75, 3.05) is 18.0 Å². The summed E-state index contributed by atoms with van der Waals surface area (Å²) in [6.07, 6.45) is 4.38. The lowest BCUT2D eigenvalue weighted by molar-refractivity contribution is 0.0896. The van der Waals surface area contributed by atoms with Crippen LogP contribution >= 0.6 is 0 Å². The number of aromatic nitrogens is 3. The first kappa shape index (κ1) is 13.4. The minimum absolute atomic E-state index is 0.0604. The fourth-order valence-corrected chi connectivity index (χ4v) is 4.08. The van der Waals surface area contributed by atoms with Gasteiger partial charge in [0.05, 0.1) is 17.5 Å². The highest BCUT2D eigenvalue weighted by atomic mass is 16.4. The van der Waals surface area contributed by atoms with E-state index in [1.165, 1.54) is 0 Å². The number of amides is 1. The maximum atomic E-state index is 11.5. The number of hydrogen-bond donors (Lipinski definition) is 2. The van der Waals surface area contributed by atoms with E-state index in [0.29, 0.717) is 12.5 Å². The molecule has 2 N–H and O–H groups in total. The fraction of sp³-hybridized carbons (Fsp3) is 0.533. The first-order chi connectivity index (χ1) is 10.7. The molecule has 0 radical (unpaired) electrons. The van der Waals surface area contributed by atoms with Crippen molar-refractivity contribution in [1.29, 1.82) is 0 Å². The van der Waals surface area contributed by atoms with Gasteiger partial charge in [0, 0.05) is 19.3 Å². The van der Waals surface area contributed by atoms with E-state index in [0.717, 1.165) is 36.2 Å². The van der Waals surface area contributed by atoms with Gasteiger partial charge in [-0.25, -0.2) is 14.8 Å². The standard InChI is InChI=1S/C15H19N5O2/c1-9-3-6-19(15(21)22)11-4-7-20(12(9)11)14-10-2-5-16-13(10)17-8-18-14/h2,5,8-9,11-12H,3-4,6-7H2,1H3,(H,21,22)(H,16,17,18). The molecule has 116 valence electrons. The Morgan fingerprint density at radius 1 is 1.36 bits per heavy atom. The van der Waals surface area contributed by atoms with Crippen LogP contribution in [0.15, 0.2) is 18.6 Å². The number of fused-ring (bicyclic) bond motifs is 2. The Labute approximate surface area is 128 Å². The number of H-pyrrole nitrogens is 1. The van der Waals surface area contributed by atoms with E-state index in [-0.39, 0.29) is 12.1 Å². The largest absolute Gasteiger partial charge is 0.465 e. The third-order valence-corrected chi connectivity index (χ3v) is 5.08. The number of nitrogens with zero attached hydrogens (tertiary/aromatic N) is 4. The van der Waals surface area contributed by atoms with Crippen molar-refractivity contribution in [3.05, 3.63) is 18.6 Å². The zero-order valence-electron chi connectivity index (χ0n) is 12.4. The van der Waals surface area contributed by atoms with Crippen molar-refractivity contribution in [2.45, 2.75) is 31.8 Å². The number of carboxylic acid groups (broad SMARTS) is 1. The topological polar surface area (TPSA) is 85.3 Å². The third kappa shape index (κ3) is 1.84. The number of aromatic amines is 1. The first-order valence-electron chi connectivity index (χ1n) is 7.71. The van der Waals surface area contributed by atoms with Crippen LogP contribution in [0, 0.1) is 5.92 Å². The van der Waals surface area contributed by atoms with E-state index >= 15 is 0 Å². The molecule has 1 amide bonds. The number of rotatable bonds is 1. The molecule has 7 nitrogen and oxygen atoms in total. The molecule has 0 saturated carbocycles. The van der Waals surface area contributed by atoms with Gasteiger partial charge >= 0.3 is 6.09 Å². The van der Waals surface area contributed by atoms with Gasteiger partial charge in [0.1, 0.15) is 17.8 Å². The van der Waals surface area contributed by atoms with E-state index in [1.54, 1.807) is 11.2 Å². The Hall–Kier alpha value is -2.31. The third-order valence-electron chi connectivity index (χ3n) is 5.08. The smallest absolute Gasteiger partial charge is 0.407 e. The SMILES string of the molecule is CC1CCN(C(=O)O)C2CCN(c3ncnc4[nH]ccc34)C12. The quantitative estimate of drug-likeness (QED) is 0.840. The van der Waals surface area contributed by atoms with E-state index in [1.807, 2.05) is 12.3 Å². The lowest BCUT2D eigenvalue weighted by atomic mass is 9.87. The van der Waals surface area contributed by atoms with Gasteiger partial charge in [-0.1, -0.05) is 6.92 Å². The normalized spacial score (nSPS) is 28.1. The average molecular weight is 301 g/mol. The molecule has 2 fully saturated rings. The van der Waals surface area contributed by atoms with Crippen LogP contribution in [0.5, 0.6) is 0 Å². The Kier molecular flexibility index (Phi) is 2.95. The summed E-state index contributed by atoms with van der Waals surface area (Å²) in [7, 11) is 0. The summed E-state index contributed by atoms with van der Waals surface area (Å²) in [4.78, 5) is 27.2. The molecule has 0 aliphatic carbocycles. The lowest BCUT2D eigenvalue weighted by Gasteiger charge is -2.42. The number of piperidine rings is 1. The molecular weight excluding hydrogens is 282 g/mol. The molecule has 22 heavy (non-hydrogen) atoms. The minimum Gasteiger partial charge on any atom is -0.465 e. The van der Waals surface area contributed by atoms with Gasteiger partial charge < -0.3 is 19.9 Å². The van der Waals surface area contributed by atoms with Crippen LogP contribution in [-0.2, 0) is 0 Å². The van der Waals surface area contributed by atoms with Crippen LogP contribution in [0.4, 0.5) is 10.6 Å². The second-order valence-corrected chi connectivity index (χ2v) is 6.22. The highest BCUT2D eigenvalue weighted by Gasteiger charge is 2.46. The van der Waals surface area contributed by atoms with Gasteiger partial charge in [-0.3, -0.25) is 0 Å². The van der Waals surface area contributed by atoms with Crippen LogP contribution in [0.3, 0.4) is 0 Å². The van der Waals surface area contributed by atoms with Crippen LogP contribution in [0.25, 0.3) is 11.0 Å². The number of nitrogens with one attached hydrogen (secondary N) is 1. The minimum atomic E-state index is -0.807. The van der Waals surface area contributed by atoms with Crippen molar-refractivity contribution in [2.24, 2.45) is 5.92 Å². The number of carbonyl (C=O) groups is 1. The van der Waals surface area contributed by atoms with Crippen LogP contribution in [-0.4, -0.2) is 56.2 Å². The molecule has 2 aliphatic heterocycles. The van der Waals surface area contributed by atoms with E-state index < -0.39 is 6.09 Å². The Morgan fingerprint density at radius 2 is 2.23 bits per heavy atom. The second kappa shape index (κ2) is 4.86. The summed E-state index contributed by atoms with van der Waals surface area (Å²) < 4.78 is 0. The first-order valence-corrected chi connectivity index (χ1v) is 7.71. The van der Waals surface area contributed by atoms with Crippen molar-refractivity contribution < 1.29 is 9.90 Å². The highest BCUT2D eigenvalue weighted by molar-refractivity contribution is 5.87. The zero-order valence-corrected chi connectivity index (χ0v) is 12.4. The summed E-state index contributed by atoms with van der Waals surface area (Å²) in [5.74, 6) is 1.37. The Balaban J connectivity index is 1.74. The molecule has 0 aromatic carbocycles.